The first kappa shape index (κ1) is 12.4. The number of ether oxygens (including phenoxy) is 1. The molecule has 0 aliphatic carbocycles. The number of nitrogens with one attached hydrogen (secondary N) is 1. The highest BCUT2D eigenvalue weighted by Gasteiger charge is 2.27. The summed E-state index contributed by atoms with van der Waals surface area (Å²) in [5.41, 5.74) is 2.46. The van der Waals surface area contributed by atoms with E-state index in [4.69, 9.17) is 4.74 Å². The molecule has 1 aliphatic rings. The van der Waals surface area contributed by atoms with Crippen LogP contribution in [0.1, 0.15) is 26.2 Å². The monoisotopic (exact) mass is 216 g/mol. The number of hydrogen-bond donors (Lipinski definition) is 1. The Kier molecular flexibility index (Phi) is 5.01. The maximum atomic E-state index is 11.4. The lowest BCUT2D eigenvalue weighted by atomic mass is 9.98. The number of carbonyl (C=O) groups is 1. The van der Waals surface area contributed by atoms with Crippen LogP contribution in [0.15, 0.2) is 0 Å². The first-order valence-electron chi connectivity index (χ1n) is 5.37. The molecule has 88 valence electrons. The molecule has 2 atom stereocenters. The van der Waals surface area contributed by atoms with E-state index >= 15 is 0 Å². The van der Waals surface area contributed by atoms with Crippen LogP contribution in [0, 0.1) is 5.92 Å². The van der Waals surface area contributed by atoms with Gasteiger partial charge in [-0.3, -0.25) is 4.79 Å². The molecule has 15 heavy (non-hydrogen) atoms. The van der Waals surface area contributed by atoms with Crippen molar-refractivity contribution in [3.8, 4) is 0 Å². The molecule has 2 unspecified atom stereocenters. The molecule has 0 spiro atoms. The van der Waals surface area contributed by atoms with Crippen LogP contribution in [-0.2, 0) is 14.4 Å². The summed E-state index contributed by atoms with van der Waals surface area (Å²) in [5.74, 6) is 0.217. The molecule has 0 aromatic carbocycles. The van der Waals surface area contributed by atoms with Gasteiger partial charge in [-0.05, 0) is 33.0 Å². The summed E-state index contributed by atoms with van der Waals surface area (Å²) < 4.78 is 4.91. The van der Waals surface area contributed by atoms with Crippen molar-refractivity contribution in [3.63, 3.8) is 0 Å². The summed E-state index contributed by atoms with van der Waals surface area (Å²) in [7, 11) is 4.07. The van der Waals surface area contributed by atoms with Gasteiger partial charge in [0.25, 0.3) is 0 Å². The molecule has 0 bridgehead atoms. The molecule has 5 nitrogen and oxygen atoms in total. The van der Waals surface area contributed by atoms with Crippen molar-refractivity contribution >= 4 is 5.97 Å². The van der Waals surface area contributed by atoms with E-state index in [0.29, 0.717) is 12.3 Å². The van der Waals surface area contributed by atoms with Crippen molar-refractivity contribution in [1.82, 2.24) is 10.4 Å². The fraction of sp³-hybridized carbons (Fsp3) is 0.900. The van der Waals surface area contributed by atoms with Crippen LogP contribution < -0.4 is 5.48 Å². The molecule has 1 saturated heterocycles. The third kappa shape index (κ3) is 5.71. The van der Waals surface area contributed by atoms with Gasteiger partial charge < -0.3 is 9.64 Å². The average molecular weight is 216 g/mol. The predicted octanol–water partition coefficient (Wildman–Crippen LogP) is 0.716. The number of nitrogens with zero attached hydrogens (tertiary/aromatic N) is 1. The van der Waals surface area contributed by atoms with Gasteiger partial charge in [0.1, 0.15) is 0 Å². The molecule has 1 N–H and O–H groups in total. The lowest BCUT2D eigenvalue weighted by Gasteiger charge is -2.16. The summed E-state index contributed by atoms with van der Waals surface area (Å²) in [4.78, 5) is 18.1. The van der Waals surface area contributed by atoms with Crippen LogP contribution in [0.4, 0.5) is 0 Å². The number of carbonyl (C=O) groups excluding carboxylic acids is 1. The molecule has 1 heterocycles. The third-order valence-corrected chi connectivity index (χ3v) is 2.47. The van der Waals surface area contributed by atoms with Gasteiger partial charge in [-0.1, -0.05) is 13.3 Å². The Morgan fingerprint density at radius 3 is 2.73 bits per heavy atom. The molecule has 1 aliphatic heterocycles. The Labute approximate surface area is 90.7 Å². The first-order valence-corrected chi connectivity index (χ1v) is 5.37. The number of rotatable bonds is 7. The van der Waals surface area contributed by atoms with Gasteiger partial charge in [0.15, 0.2) is 0 Å². The molecule has 0 aromatic heterocycles. The summed E-state index contributed by atoms with van der Waals surface area (Å²) in [5, 5.41) is 0. The van der Waals surface area contributed by atoms with E-state index in [1.165, 1.54) is 0 Å². The van der Waals surface area contributed by atoms with E-state index in [1.807, 2.05) is 14.1 Å². The predicted molar refractivity (Wildman–Crippen MR) is 55.7 cm³/mol. The highest BCUT2D eigenvalue weighted by Crippen LogP contribution is 2.15. The second-order valence-electron chi connectivity index (χ2n) is 4.13. The second-order valence-corrected chi connectivity index (χ2v) is 4.13. The van der Waals surface area contributed by atoms with E-state index in [9.17, 15) is 4.79 Å². The maximum Gasteiger partial charge on any atom is 0.309 e. The molecule has 0 radical (unpaired) electrons. The fourth-order valence-electron chi connectivity index (χ4n) is 1.37. The zero-order chi connectivity index (χ0) is 11.3. The minimum absolute atomic E-state index is 0.185. The second kappa shape index (κ2) is 6.05. The zero-order valence-corrected chi connectivity index (χ0v) is 9.66. The van der Waals surface area contributed by atoms with Crippen LogP contribution in [0.5, 0.6) is 0 Å². The number of esters is 1. The SMILES string of the molecule is CCC(CCN(C)C)CC(=O)OC1NO1. The largest absolute Gasteiger partial charge is 0.418 e. The van der Waals surface area contributed by atoms with Crippen molar-refractivity contribution in [3.05, 3.63) is 0 Å². The Morgan fingerprint density at radius 1 is 1.60 bits per heavy atom. The summed E-state index contributed by atoms with van der Waals surface area (Å²) in [6.45, 7) is 3.10. The highest BCUT2D eigenvalue weighted by atomic mass is 16.9. The van der Waals surface area contributed by atoms with Gasteiger partial charge in [-0.25, -0.2) is 4.84 Å². The first-order chi connectivity index (χ1) is 7.11. The average Bonchev–Trinajstić information content (AvgIpc) is 2.95. The highest BCUT2D eigenvalue weighted by molar-refractivity contribution is 5.69. The van der Waals surface area contributed by atoms with Gasteiger partial charge in [0.05, 0.1) is 0 Å². The van der Waals surface area contributed by atoms with Crippen molar-refractivity contribution < 1.29 is 14.4 Å². The van der Waals surface area contributed by atoms with E-state index < -0.39 is 6.41 Å². The van der Waals surface area contributed by atoms with Gasteiger partial charge in [-0.15, -0.1) is 5.48 Å². The third-order valence-electron chi connectivity index (χ3n) is 2.47. The van der Waals surface area contributed by atoms with Crippen molar-refractivity contribution in [2.24, 2.45) is 5.92 Å². The Morgan fingerprint density at radius 2 is 2.27 bits per heavy atom. The Balaban J connectivity index is 2.15. The summed E-state index contributed by atoms with van der Waals surface area (Å²) in [6.07, 6.45) is 2.01. The molecule has 1 rings (SSSR count). The molecular weight excluding hydrogens is 196 g/mol. The van der Waals surface area contributed by atoms with Gasteiger partial charge in [0.2, 0.25) is 0 Å². The van der Waals surface area contributed by atoms with Crippen LogP contribution >= 0.6 is 0 Å². The smallest absolute Gasteiger partial charge is 0.309 e. The minimum atomic E-state index is -0.496. The topological polar surface area (TPSA) is 64.0 Å². The lowest BCUT2D eigenvalue weighted by molar-refractivity contribution is -0.149. The zero-order valence-electron chi connectivity index (χ0n) is 9.66. The van der Waals surface area contributed by atoms with E-state index in [-0.39, 0.29) is 5.97 Å². The minimum Gasteiger partial charge on any atom is -0.418 e. The van der Waals surface area contributed by atoms with Crippen molar-refractivity contribution in [2.75, 3.05) is 20.6 Å². The molecular formula is C10H20N2O3. The van der Waals surface area contributed by atoms with E-state index in [2.05, 4.69) is 22.1 Å². The van der Waals surface area contributed by atoms with Gasteiger partial charge in [-0.2, -0.15) is 0 Å². The molecule has 0 aromatic rings. The molecule has 0 amide bonds. The van der Waals surface area contributed by atoms with Crippen LogP contribution in [-0.4, -0.2) is 37.9 Å². The Bertz CT molecular complexity index is 205. The number of hydroxylamine groups is 1. The lowest BCUT2D eigenvalue weighted by Crippen LogP contribution is -2.19. The molecule has 5 heteroatoms. The fourth-order valence-corrected chi connectivity index (χ4v) is 1.37. The van der Waals surface area contributed by atoms with E-state index in [1.54, 1.807) is 0 Å². The maximum absolute atomic E-state index is 11.4. The number of hydrogen-bond acceptors (Lipinski definition) is 5. The van der Waals surface area contributed by atoms with E-state index in [0.717, 1.165) is 19.4 Å². The normalized spacial score (nSPS) is 21.5. The van der Waals surface area contributed by atoms with Crippen LogP contribution in [0.3, 0.4) is 0 Å². The van der Waals surface area contributed by atoms with Gasteiger partial charge >= 0.3 is 12.4 Å². The van der Waals surface area contributed by atoms with Crippen LogP contribution in [0.2, 0.25) is 0 Å². The quantitative estimate of drug-likeness (QED) is 0.501. The summed E-state index contributed by atoms with van der Waals surface area (Å²) >= 11 is 0. The van der Waals surface area contributed by atoms with Crippen molar-refractivity contribution in [1.29, 1.82) is 0 Å². The van der Waals surface area contributed by atoms with Crippen molar-refractivity contribution in [2.45, 2.75) is 32.6 Å². The molecule has 1 fully saturated rings. The standard InChI is InChI=1S/C10H20N2O3/c1-4-8(5-6-12(2)3)7-9(13)14-10-11-15-10/h8,10-11H,4-7H2,1-3H3. The van der Waals surface area contributed by atoms with Crippen LogP contribution in [0.25, 0.3) is 0 Å². The molecule has 0 saturated carbocycles. The summed E-state index contributed by atoms with van der Waals surface area (Å²) in [6, 6.07) is 0. The Hall–Kier alpha value is -0.650. The van der Waals surface area contributed by atoms with Gasteiger partial charge in [0, 0.05) is 6.42 Å².